The SMILES string of the molecule is CC(C)(C)c1cccc(N2CN(c3cccc(Oc4ccc5c6cc(C(C)(C)C)ccc6n(-c6cc(C(C)(C)c7ccccc7)ccn6)c5c4)c3)c3cc(C(C)(C)c4ccccc4)ccc32)c1. The zero-order valence-electron chi connectivity index (χ0n) is 40.7. The molecular formula is C62H62N4O. The summed E-state index contributed by atoms with van der Waals surface area (Å²) in [5, 5.41) is 2.36. The van der Waals surface area contributed by atoms with E-state index >= 15 is 0 Å². The summed E-state index contributed by atoms with van der Waals surface area (Å²) in [6, 6.07) is 63.9. The van der Waals surface area contributed by atoms with Gasteiger partial charge in [-0.1, -0.05) is 160 Å². The van der Waals surface area contributed by atoms with E-state index in [4.69, 9.17) is 9.72 Å². The fraction of sp³-hybridized carbons (Fsp3) is 0.242. The Bertz CT molecular complexity index is 3280. The second-order valence-corrected chi connectivity index (χ2v) is 21.5. The molecule has 0 aliphatic carbocycles. The molecule has 0 radical (unpaired) electrons. The lowest BCUT2D eigenvalue weighted by Crippen LogP contribution is -2.24. The van der Waals surface area contributed by atoms with E-state index in [0.717, 1.165) is 39.4 Å². The fourth-order valence-corrected chi connectivity index (χ4v) is 9.83. The molecule has 10 rings (SSSR count). The largest absolute Gasteiger partial charge is 0.457 e. The number of benzene rings is 7. The van der Waals surface area contributed by atoms with Crippen molar-refractivity contribution in [1.29, 1.82) is 0 Å². The van der Waals surface area contributed by atoms with Gasteiger partial charge in [0, 0.05) is 51.3 Å². The molecule has 0 unspecified atom stereocenters. The van der Waals surface area contributed by atoms with Gasteiger partial charge in [-0.05, 0) is 117 Å². The highest BCUT2D eigenvalue weighted by Gasteiger charge is 2.33. The van der Waals surface area contributed by atoms with E-state index in [-0.39, 0.29) is 21.7 Å². The predicted octanol–water partition coefficient (Wildman–Crippen LogP) is 16.5. The molecule has 2 aromatic heterocycles. The molecule has 0 N–H and O–H groups in total. The molecule has 1 aliphatic rings. The van der Waals surface area contributed by atoms with Crippen LogP contribution in [0.4, 0.5) is 22.7 Å². The van der Waals surface area contributed by atoms with E-state index in [2.05, 4.69) is 260 Å². The number of aromatic nitrogens is 2. The summed E-state index contributed by atoms with van der Waals surface area (Å²) in [6.07, 6.45) is 1.95. The molecule has 0 saturated heterocycles. The van der Waals surface area contributed by atoms with Crippen molar-refractivity contribution in [2.75, 3.05) is 16.5 Å². The third-order valence-electron chi connectivity index (χ3n) is 14.2. The summed E-state index contributed by atoms with van der Waals surface area (Å²) in [5.41, 5.74) is 14.0. The summed E-state index contributed by atoms with van der Waals surface area (Å²) in [4.78, 5) is 9.92. The summed E-state index contributed by atoms with van der Waals surface area (Å²) < 4.78 is 9.21. The molecular weight excluding hydrogens is 817 g/mol. The van der Waals surface area contributed by atoms with Crippen LogP contribution < -0.4 is 14.5 Å². The van der Waals surface area contributed by atoms with Crippen molar-refractivity contribution in [3.8, 4) is 17.3 Å². The molecule has 0 atom stereocenters. The third-order valence-corrected chi connectivity index (χ3v) is 14.2. The first-order chi connectivity index (χ1) is 32.0. The molecule has 1 aliphatic heterocycles. The number of fused-ring (bicyclic) bond motifs is 4. The average Bonchev–Trinajstić information content (AvgIpc) is 3.87. The molecule has 336 valence electrons. The van der Waals surface area contributed by atoms with E-state index in [1.165, 1.54) is 55.8 Å². The zero-order chi connectivity index (χ0) is 46.9. The molecule has 0 spiro atoms. The zero-order valence-corrected chi connectivity index (χ0v) is 40.7. The highest BCUT2D eigenvalue weighted by Crippen LogP contribution is 2.48. The first-order valence-electron chi connectivity index (χ1n) is 23.7. The quantitative estimate of drug-likeness (QED) is 0.145. The Hall–Kier alpha value is -7.11. The highest BCUT2D eigenvalue weighted by atomic mass is 16.5. The minimum Gasteiger partial charge on any atom is -0.457 e. The maximum Gasteiger partial charge on any atom is 0.137 e. The summed E-state index contributed by atoms with van der Waals surface area (Å²) in [6.45, 7) is 23.5. The molecule has 67 heavy (non-hydrogen) atoms. The van der Waals surface area contributed by atoms with Crippen molar-refractivity contribution in [2.24, 2.45) is 0 Å². The number of anilines is 4. The van der Waals surface area contributed by atoms with Gasteiger partial charge in [0.05, 0.1) is 22.4 Å². The van der Waals surface area contributed by atoms with Gasteiger partial charge in [-0.2, -0.15) is 0 Å². The van der Waals surface area contributed by atoms with Gasteiger partial charge in [-0.25, -0.2) is 4.98 Å². The topological polar surface area (TPSA) is 33.5 Å². The maximum absolute atomic E-state index is 6.90. The molecule has 0 fully saturated rings. The Morgan fingerprint density at radius 1 is 0.403 bits per heavy atom. The Kier molecular flexibility index (Phi) is 10.7. The van der Waals surface area contributed by atoms with Gasteiger partial charge in [0.25, 0.3) is 0 Å². The molecule has 0 saturated carbocycles. The predicted molar refractivity (Wildman–Crippen MR) is 282 cm³/mol. The third kappa shape index (κ3) is 8.05. The van der Waals surface area contributed by atoms with Crippen LogP contribution in [-0.4, -0.2) is 16.2 Å². The lowest BCUT2D eigenvalue weighted by atomic mass is 9.78. The number of pyridine rings is 1. The summed E-state index contributed by atoms with van der Waals surface area (Å²) >= 11 is 0. The van der Waals surface area contributed by atoms with Crippen LogP contribution in [0.25, 0.3) is 27.6 Å². The van der Waals surface area contributed by atoms with Crippen LogP contribution in [0.2, 0.25) is 0 Å². The summed E-state index contributed by atoms with van der Waals surface area (Å²) in [5.74, 6) is 2.42. The van der Waals surface area contributed by atoms with Gasteiger partial charge in [-0.15, -0.1) is 0 Å². The molecule has 7 aromatic carbocycles. The molecule has 0 amide bonds. The van der Waals surface area contributed by atoms with Crippen molar-refractivity contribution in [3.05, 3.63) is 216 Å². The second-order valence-electron chi connectivity index (χ2n) is 21.5. The fourth-order valence-electron chi connectivity index (χ4n) is 9.83. The molecule has 5 heteroatoms. The van der Waals surface area contributed by atoms with Gasteiger partial charge < -0.3 is 14.5 Å². The van der Waals surface area contributed by atoms with Gasteiger partial charge in [-0.3, -0.25) is 4.57 Å². The Morgan fingerprint density at radius 2 is 0.970 bits per heavy atom. The lowest BCUT2D eigenvalue weighted by molar-refractivity contribution is 0.483. The molecule has 3 heterocycles. The number of rotatable bonds is 9. The lowest BCUT2D eigenvalue weighted by Gasteiger charge is -2.28. The average molecular weight is 879 g/mol. The van der Waals surface area contributed by atoms with Gasteiger partial charge >= 0.3 is 0 Å². The Balaban J connectivity index is 1.05. The highest BCUT2D eigenvalue weighted by molar-refractivity contribution is 6.10. The van der Waals surface area contributed by atoms with Crippen molar-refractivity contribution >= 4 is 44.6 Å². The number of nitrogens with zero attached hydrogens (tertiary/aromatic N) is 4. The Morgan fingerprint density at radius 3 is 1.64 bits per heavy atom. The molecule has 5 nitrogen and oxygen atoms in total. The van der Waals surface area contributed by atoms with Crippen LogP contribution in [0.5, 0.6) is 11.5 Å². The number of hydrogen-bond acceptors (Lipinski definition) is 4. The standard InChI is InChI=1S/C62H62N4O/c1-59(2,3)44-23-17-24-48(35-44)64-41-65(57-37-46(28-32-55(57)64)61(7,8)42-19-13-11-14-20-42)49-25-18-26-50(39-49)67-51-29-30-52-53-36-45(60(4,5)6)27-31-54(53)66(56(52)40-51)58-38-47(33-34-63-58)62(9,10)43-21-15-12-16-22-43/h11-40H,41H2,1-10H3. The van der Waals surface area contributed by atoms with Crippen LogP contribution >= 0.6 is 0 Å². The number of hydrogen-bond donors (Lipinski definition) is 0. The first kappa shape index (κ1) is 43.8. The van der Waals surface area contributed by atoms with Crippen molar-refractivity contribution in [2.45, 2.75) is 90.9 Å². The molecule has 9 aromatic rings. The van der Waals surface area contributed by atoms with Gasteiger partial charge in [0.1, 0.15) is 24.0 Å². The summed E-state index contributed by atoms with van der Waals surface area (Å²) in [7, 11) is 0. The number of ether oxygens (including phenoxy) is 1. The van der Waals surface area contributed by atoms with Gasteiger partial charge in [0.2, 0.25) is 0 Å². The van der Waals surface area contributed by atoms with Crippen LogP contribution in [0.15, 0.2) is 182 Å². The van der Waals surface area contributed by atoms with Crippen molar-refractivity contribution < 1.29 is 4.74 Å². The van der Waals surface area contributed by atoms with Crippen LogP contribution in [0.1, 0.15) is 103 Å². The minimum absolute atomic E-state index is 0.00241. The van der Waals surface area contributed by atoms with Crippen molar-refractivity contribution in [3.63, 3.8) is 0 Å². The second kappa shape index (κ2) is 16.3. The van der Waals surface area contributed by atoms with E-state index in [1.807, 2.05) is 6.20 Å². The van der Waals surface area contributed by atoms with E-state index < -0.39 is 0 Å². The van der Waals surface area contributed by atoms with Crippen molar-refractivity contribution in [1.82, 2.24) is 9.55 Å². The monoisotopic (exact) mass is 878 g/mol. The Labute approximate surface area is 397 Å². The van der Waals surface area contributed by atoms with Crippen LogP contribution in [-0.2, 0) is 21.7 Å². The maximum atomic E-state index is 6.90. The normalized spacial score (nSPS) is 13.4. The van der Waals surface area contributed by atoms with Crippen LogP contribution in [0, 0.1) is 0 Å². The van der Waals surface area contributed by atoms with Crippen LogP contribution in [0.3, 0.4) is 0 Å². The minimum atomic E-state index is -0.223. The molecule has 0 bridgehead atoms. The van der Waals surface area contributed by atoms with E-state index in [9.17, 15) is 0 Å². The van der Waals surface area contributed by atoms with Gasteiger partial charge in [0.15, 0.2) is 0 Å². The first-order valence-corrected chi connectivity index (χ1v) is 23.7. The smallest absolute Gasteiger partial charge is 0.137 e. The van der Waals surface area contributed by atoms with E-state index in [1.54, 1.807) is 0 Å². The van der Waals surface area contributed by atoms with E-state index in [0.29, 0.717) is 6.67 Å².